The van der Waals surface area contributed by atoms with Gasteiger partial charge in [0.25, 0.3) is 0 Å². The first-order valence-corrected chi connectivity index (χ1v) is 10.2. The van der Waals surface area contributed by atoms with E-state index in [1.807, 2.05) is 30.3 Å². The van der Waals surface area contributed by atoms with Crippen molar-refractivity contribution in [3.05, 3.63) is 46.3 Å². The number of hydrogen-bond acceptors (Lipinski definition) is 6. The van der Waals surface area contributed by atoms with Crippen LogP contribution in [0.4, 0.5) is 5.82 Å². The van der Waals surface area contributed by atoms with Gasteiger partial charge >= 0.3 is 0 Å². The van der Waals surface area contributed by atoms with Crippen LogP contribution in [0.2, 0.25) is 0 Å². The quantitative estimate of drug-likeness (QED) is 0.410. The fourth-order valence-electron chi connectivity index (χ4n) is 3.40. The number of Topliss-reactive ketones (excluding diaryl/α,β-unsaturated/α-hetero) is 1. The normalized spacial score (nSPS) is 16.8. The standard InChI is InChI=1S/C19H19N3OS2/c1-11-6-5-9-14-15(11)16-17(20)21-19(22-18(16)25-14)24-10-13(23)12-7-3-2-4-8-12/h2-4,7-8,11H,5-6,9-10H2,1H3,(H2,20,21,22)/t11-/m1/s1. The summed E-state index contributed by atoms with van der Waals surface area (Å²) in [4.78, 5) is 23.8. The zero-order chi connectivity index (χ0) is 17.4. The molecule has 1 aromatic carbocycles. The molecule has 2 heterocycles. The fraction of sp³-hybridized carbons (Fsp3) is 0.316. The van der Waals surface area contributed by atoms with Crippen molar-refractivity contribution in [1.29, 1.82) is 0 Å². The number of aryl methyl sites for hydroxylation is 1. The van der Waals surface area contributed by atoms with Crippen molar-refractivity contribution in [3.63, 3.8) is 0 Å². The van der Waals surface area contributed by atoms with E-state index in [0.717, 1.165) is 16.6 Å². The molecule has 128 valence electrons. The summed E-state index contributed by atoms with van der Waals surface area (Å²) in [7, 11) is 0. The van der Waals surface area contributed by atoms with Gasteiger partial charge in [0.05, 0.1) is 11.1 Å². The fourth-order valence-corrected chi connectivity index (χ4v) is 5.54. The molecule has 0 unspecified atom stereocenters. The van der Waals surface area contributed by atoms with Crippen LogP contribution in [0.3, 0.4) is 0 Å². The van der Waals surface area contributed by atoms with Crippen LogP contribution >= 0.6 is 23.1 Å². The Kier molecular flexibility index (Phi) is 4.48. The molecular formula is C19H19N3OS2. The topological polar surface area (TPSA) is 68.9 Å². The highest BCUT2D eigenvalue weighted by Gasteiger charge is 2.25. The Morgan fingerprint density at radius 1 is 1.32 bits per heavy atom. The van der Waals surface area contributed by atoms with Crippen LogP contribution in [0.15, 0.2) is 35.5 Å². The average molecular weight is 370 g/mol. The molecule has 4 nitrogen and oxygen atoms in total. The number of nitrogens with zero attached hydrogens (tertiary/aromatic N) is 2. The molecule has 0 saturated heterocycles. The lowest BCUT2D eigenvalue weighted by Crippen LogP contribution is -2.06. The number of ketones is 1. The summed E-state index contributed by atoms with van der Waals surface area (Å²) >= 11 is 3.09. The summed E-state index contributed by atoms with van der Waals surface area (Å²) in [6.45, 7) is 2.25. The smallest absolute Gasteiger partial charge is 0.191 e. The Morgan fingerprint density at radius 3 is 2.92 bits per heavy atom. The van der Waals surface area contributed by atoms with Gasteiger partial charge in [0, 0.05) is 10.4 Å². The van der Waals surface area contributed by atoms with Crippen LogP contribution in [0.5, 0.6) is 0 Å². The van der Waals surface area contributed by atoms with Crippen molar-refractivity contribution in [2.45, 2.75) is 37.3 Å². The molecule has 0 saturated carbocycles. The first-order valence-electron chi connectivity index (χ1n) is 8.43. The number of hydrogen-bond donors (Lipinski definition) is 1. The van der Waals surface area contributed by atoms with E-state index < -0.39 is 0 Å². The van der Waals surface area contributed by atoms with Gasteiger partial charge < -0.3 is 5.73 Å². The zero-order valence-corrected chi connectivity index (χ0v) is 15.6. The van der Waals surface area contributed by atoms with Crippen LogP contribution in [-0.4, -0.2) is 21.5 Å². The predicted octanol–water partition coefficient (Wildman–Crippen LogP) is 4.69. The van der Waals surface area contributed by atoms with Gasteiger partial charge in [-0.25, -0.2) is 9.97 Å². The van der Waals surface area contributed by atoms with Gasteiger partial charge in [0.1, 0.15) is 10.6 Å². The van der Waals surface area contributed by atoms with Gasteiger partial charge in [-0.2, -0.15) is 0 Å². The molecule has 1 aliphatic carbocycles. The number of fused-ring (bicyclic) bond motifs is 3. The highest BCUT2D eigenvalue weighted by atomic mass is 32.2. The molecule has 0 radical (unpaired) electrons. The Labute approximate surface area is 154 Å². The van der Waals surface area contributed by atoms with Crippen molar-refractivity contribution < 1.29 is 4.79 Å². The monoisotopic (exact) mass is 369 g/mol. The van der Waals surface area contributed by atoms with Crippen molar-refractivity contribution in [3.8, 4) is 0 Å². The van der Waals surface area contributed by atoms with Crippen molar-refractivity contribution in [2.24, 2.45) is 0 Å². The van der Waals surface area contributed by atoms with E-state index >= 15 is 0 Å². The largest absolute Gasteiger partial charge is 0.383 e. The predicted molar refractivity (Wildman–Crippen MR) is 105 cm³/mol. The molecule has 1 aliphatic rings. The zero-order valence-electron chi connectivity index (χ0n) is 14.0. The van der Waals surface area contributed by atoms with E-state index in [2.05, 4.69) is 16.9 Å². The summed E-state index contributed by atoms with van der Waals surface area (Å²) in [6.07, 6.45) is 3.52. The average Bonchev–Trinajstić information content (AvgIpc) is 3.00. The van der Waals surface area contributed by atoms with Crippen LogP contribution in [0, 0.1) is 0 Å². The number of carbonyl (C=O) groups excluding carboxylic acids is 1. The molecule has 2 N–H and O–H groups in total. The molecule has 0 amide bonds. The molecule has 25 heavy (non-hydrogen) atoms. The number of thioether (sulfide) groups is 1. The van der Waals surface area contributed by atoms with Crippen LogP contribution in [0.1, 0.15) is 46.5 Å². The maximum absolute atomic E-state index is 12.3. The summed E-state index contributed by atoms with van der Waals surface area (Å²) in [5.74, 6) is 1.45. The molecule has 3 aromatic rings. The van der Waals surface area contributed by atoms with Gasteiger partial charge in [-0.3, -0.25) is 4.79 Å². The van der Waals surface area contributed by atoms with Crippen molar-refractivity contribution in [2.75, 3.05) is 11.5 Å². The van der Waals surface area contributed by atoms with E-state index in [-0.39, 0.29) is 5.78 Å². The number of nitrogen functional groups attached to an aromatic ring is 1. The lowest BCUT2D eigenvalue weighted by molar-refractivity contribution is 0.102. The van der Waals surface area contributed by atoms with Crippen LogP contribution in [-0.2, 0) is 6.42 Å². The summed E-state index contributed by atoms with van der Waals surface area (Å²) in [6, 6.07) is 9.30. The maximum Gasteiger partial charge on any atom is 0.191 e. The van der Waals surface area contributed by atoms with E-state index in [1.165, 1.54) is 35.0 Å². The van der Waals surface area contributed by atoms with E-state index in [1.54, 1.807) is 11.3 Å². The highest BCUT2D eigenvalue weighted by molar-refractivity contribution is 7.99. The van der Waals surface area contributed by atoms with E-state index in [0.29, 0.717) is 28.2 Å². The lowest BCUT2D eigenvalue weighted by Gasteiger charge is -2.18. The number of thiophene rings is 1. The molecule has 0 fully saturated rings. The number of nitrogens with two attached hydrogens (primary N) is 1. The Balaban J connectivity index is 1.60. The summed E-state index contributed by atoms with van der Waals surface area (Å²) < 4.78 is 0. The Morgan fingerprint density at radius 2 is 2.12 bits per heavy atom. The van der Waals surface area contributed by atoms with Gasteiger partial charge in [-0.15, -0.1) is 11.3 Å². The molecule has 0 aliphatic heterocycles. The second-order valence-electron chi connectivity index (χ2n) is 6.38. The number of carbonyl (C=O) groups is 1. The molecule has 0 bridgehead atoms. The molecular weight excluding hydrogens is 350 g/mol. The molecule has 1 atom stereocenters. The number of aromatic nitrogens is 2. The van der Waals surface area contributed by atoms with E-state index in [4.69, 9.17) is 5.73 Å². The SMILES string of the molecule is C[C@@H]1CCCc2sc3nc(SCC(=O)c4ccccc4)nc(N)c3c21. The highest BCUT2D eigenvalue weighted by Crippen LogP contribution is 2.43. The summed E-state index contributed by atoms with van der Waals surface area (Å²) in [5, 5.41) is 1.62. The van der Waals surface area contributed by atoms with Crippen LogP contribution < -0.4 is 5.73 Å². The lowest BCUT2D eigenvalue weighted by atomic mass is 9.87. The Hall–Kier alpha value is -1.92. The van der Waals surface area contributed by atoms with Crippen molar-refractivity contribution in [1.82, 2.24) is 9.97 Å². The van der Waals surface area contributed by atoms with Crippen LogP contribution in [0.25, 0.3) is 10.2 Å². The Bertz CT molecular complexity index is 937. The third-order valence-electron chi connectivity index (χ3n) is 4.63. The minimum absolute atomic E-state index is 0.0759. The summed E-state index contributed by atoms with van der Waals surface area (Å²) in [5.41, 5.74) is 8.32. The van der Waals surface area contributed by atoms with Gasteiger partial charge in [0.2, 0.25) is 0 Å². The first kappa shape index (κ1) is 16.5. The van der Waals surface area contributed by atoms with Gasteiger partial charge in [-0.1, -0.05) is 49.0 Å². The minimum Gasteiger partial charge on any atom is -0.383 e. The third-order valence-corrected chi connectivity index (χ3v) is 6.64. The maximum atomic E-state index is 12.3. The molecule has 0 spiro atoms. The second-order valence-corrected chi connectivity index (χ2v) is 8.41. The number of anilines is 1. The number of benzene rings is 1. The molecule has 2 aromatic heterocycles. The van der Waals surface area contributed by atoms with Crippen molar-refractivity contribution >= 4 is 44.9 Å². The third kappa shape index (κ3) is 3.16. The first-order chi connectivity index (χ1) is 12.1. The second kappa shape index (κ2) is 6.77. The van der Waals surface area contributed by atoms with Gasteiger partial charge in [-0.05, 0) is 30.7 Å². The molecule has 4 rings (SSSR count). The van der Waals surface area contributed by atoms with E-state index in [9.17, 15) is 4.79 Å². The molecule has 6 heteroatoms. The minimum atomic E-state index is 0.0759. The number of rotatable bonds is 4. The van der Waals surface area contributed by atoms with Gasteiger partial charge in [0.15, 0.2) is 10.9 Å².